The molecule has 5 rings (SSSR count). The van der Waals surface area contributed by atoms with Gasteiger partial charge in [-0.1, -0.05) is 132 Å². The Labute approximate surface area is 213 Å². The fourth-order valence-corrected chi connectivity index (χ4v) is 11.3. The molecule has 0 aliphatic rings. The number of hydrogen-bond acceptors (Lipinski definition) is 2. The van der Waals surface area contributed by atoms with Gasteiger partial charge in [-0.05, 0) is 26.0 Å². The monoisotopic (exact) mass is 506 g/mol. The van der Waals surface area contributed by atoms with Crippen LogP contribution in [0.2, 0.25) is 0 Å². The minimum Gasteiger partial charge on any atom is -0.309 e. The van der Waals surface area contributed by atoms with E-state index in [2.05, 4.69) is 0 Å². The van der Waals surface area contributed by atoms with Crippen molar-refractivity contribution in [3.63, 3.8) is 0 Å². The van der Waals surface area contributed by atoms with Crippen LogP contribution in [0.5, 0.6) is 0 Å². The standard InChI is InChI=1S/C32H28O2P2/c1-25-13-11-19-29(23-25)36(34,30-20-12-14-26(2)24-30)32-22-10-9-21-31(32)35(33,27-15-5-3-6-16-27)28-17-7-4-8-18-28/h3-24H,1-2H3. The highest BCUT2D eigenvalue weighted by Gasteiger charge is 2.39. The van der Waals surface area contributed by atoms with Gasteiger partial charge in [0.1, 0.15) is 0 Å². The van der Waals surface area contributed by atoms with Gasteiger partial charge in [0, 0.05) is 31.8 Å². The van der Waals surface area contributed by atoms with Crippen molar-refractivity contribution in [1.29, 1.82) is 0 Å². The van der Waals surface area contributed by atoms with E-state index in [-0.39, 0.29) is 0 Å². The van der Waals surface area contributed by atoms with Crippen LogP contribution in [-0.2, 0) is 9.13 Å². The van der Waals surface area contributed by atoms with Gasteiger partial charge >= 0.3 is 0 Å². The molecule has 0 fully saturated rings. The molecule has 0 aliphatic carbocycles. The maximum Gasteiger partial charge on any atom is 0.171 e. The summed E-state index contributed by atoms with van der Waals surface area (Å²) in [6, 6.07) is 42.5. The Bertz CT molecular complexity index is 1520. The maximum atomic E-state index is 15.5. The second-order valence-electron chi connectivity index (χ2n) is 9.06. The van der Waals surface area contributed by atoms with Crippen molar-refractivity contribution in [1.82, 2.24) is 0 Å². The Balaban J connectivity index is 1.89. The number of hydrogen-bond donors (Lipinski definition) is 0. The van der Waals surface area contributed by atoms with Crippen LogP contribution in [0.25, 0.3) is 0 Å². The van der Waals surface area contributed by atoms with Gasteiger partial charge in [0.15, 0.2) is 14.3 Å². The molecule has 178 valence electrons. The molecular formula is C32H28O2P2. The van der Waals surface area contributed by atoms with Crippen molar-refractivity contribution in [2.24, 2.45) is 0 Å². The Kier molecular flexibility index (Phi) is 6.67. The summed E-state index contributed by atoms with van der Waals surface area (Å²) in [6.45, 7) is 4.02. The van der Waals surface area contributed by atoms with Crippen molar-refractivity contribution in [2.45, 2.75) is 13.8 Å². The van der Waals surface area contributed by atoms with Gasteiger partial charge in [-0.25, -0.2) is 0 Å². The Morgan fingerprint density at radius 3 is 1.11 bits per heavy atom. The second-order valence-corrected chi connectivity index (χ2v) is 14.5. The van der Waals surface area contributed by atoms with Gasteiger partial charge in [-0.15, -0.1) is 0 Å². The van der Waals surface area contributed by atoms with Crippen molar-refractivity contribution < 1.29 is 9.13 Å². The zero-order valence-electron chi connectivity index (χ0n) is 20.4. The first-order chi connectivity index (χ1) is 17.4. The molecule has 0 N–H and O–H groups in total. The molecule has 0 bridgehead atoms. The molecule has 0 radical (unpaired) electrons. The fourth-order valence-electron chi connectivity index (χ4n) is 4.77. The molecule has 5 aromatic carbocycles. The van der Waals surface area contributed by atoms with E-state index in [9.17, 15) is 0 Å². The summed E-state index contributed by atoms with van der Waals surface area (Å²) in [5, 5.41) is 4.18. The smallest absolute Gasteiger partial charge is 0.171 e. The lowest BCUT2D eigenvalue weighted by Crippen LogP contribution is -2.38. The molecule has 0 unspecified atom stereocenters. The van der Waals surface area contributed by atoms with E-state index < -0.39 is 14.3 Å². The van der Waals surface area contributed by atoms with Gasteiger partial charge in [0.25, 0.3) is 0 Å². The van der Waals surface area contributed by atoms with Gasteiger partial charge in [-0.2, -0.15) is 0 Å². The molecule has 0 atom stereocenters. The lowest BCUT2D eigenvalue weighted by Gasteiger charge is -2.28. The molecule has 0 aromatic heterocycles. The zero-order chi connectivity index (χ0) is 25.2. The predicted molar refractivity (Wildman–Crippen MR) is 155 cm³/mol. The van der Waals surface area contributed by atoms with Crippen LogP contribution in [0.1, 0.15) is 11.1 Å². The quantitative estimate of drug-likeness (QED) is 0.282. The van der Waals surface area contributed by atoms with Crippen LogP contribution in [0.3, 0.4) is 0 Å². The van der Waals surface area contributed by atoms with E-state index in [0.29, 0.717) is 10.6 Å². The van der Waals surface area contributed by atoms with Crippen LogP contribution >= 0.6 is 14.3 Å². The highest BCUT2D eigenvalue weighted by molar-refractivity contribution is 7.90. The second kappa shape index (κ2) is 9.90. The van der Waals surface area contributed by atoms with Crippen LogP contribution in [0.15, 0.2) is 133 Å². The molecule has 0 saturated carbocycles. The minimum atomic E-state index is -3.38. The topological polar surface area (TPSA) is 34.1 Å². The summed E-state index contributed by atoms with van der Waals surface area (Å²) in [6.07, 6.45) is 0. The summed E-state index contributed by atoms with van der Waals surface area (Å²) in [7, 11) is -6.72. The summed E-state index contributed by atoms with van der Waals surface area (Å²) in [4.78, 5) is 0. The van der Waals surface area contributed by atoms with Crippen LogP contribution in [-0.4, -0.2) is 0 Å². The molecule has 0 saturated heterocycles. The van der Waals surface area contributed by atoms with Crippen LogP contribution in [0.4, 0.5) is 0 Å². The van der Waals surface area contributed by atoms with Gasteiger partial charge in [0.2, 0.25) is 0 Å². The number of rotatable bonds is 6. The first-order valence-electron chi connectivity index (χ1n) is 12.0. The molecule has 2 nitrogen and oxygen atoms in total. The molecule has 36 heavy (non-hydrogen) atoms. The minimum absolute atomic E-state index is 0.619. The van der Waals surface area contributed by atoms with Gasteiger partial charge < -0.3 is 9.13 Å². The summed E-state index contributed by atoms with van der Waals surface area (Å²) < 4.78 is 30.9. The third kappa shape index (κ3) is 4.22. The van der Waals surface area contributed by atoms with Gasteiger partial charge in [-0.3, -0.25) is 0 Å². The van der Waals surface area contributed by atoms with Crippen molar-refractivity contribution in [2.75, 3.05) is 0 Å². The molecular weight excluding hydrogens is 478 g/mol. The summed E-state index contributed by atoms with van der Waals surface area (Å²) in [5.41, 5.74) is 2.07. The lowest BCUT2D eigenvalue weighted by atomic mass is 10.2. The normalized spacial score (nSPS) is 11.8. The van der Waals surface area contributed by atoms with Crippen molar-refractivity contribution >= 4 is 46.1 Å². The molecule has 0 amide bonds. The average Bonchev–Trinajstić information content (AvgIpc) is 2.93. The molecule has 0 spiro atoms. The number of benzene rings is 5. The van der Waals surface area contributed by atoms with Gasteiger partial charge in [0.05, 0.1) is 0 Å². The zero-order valence-corrected chi connectivity index (χ0v) is 22.2. The van der Waals surface area contributed by atoms with Crippen molar-refractivity contribution in [3.05, 3.63) is 145 Å². The maximum absolute atomic E-state index is 15.5. The van der Waals surface area contributed by atoms with Crippen LogP contribution in [0, 0.1) is 13.8 Å². The predicted octanol–water partition coefficient (Wildman–Crippen LogP) is 5.58. The Morgan fingerprint density at radius 1 is 0.389 bits per heavy atom. The number of aryl methyl sites for hydroxylation is 2. The Hall–Kier alpha value is -3.44. The third-order valence-corrected chi connectivity index (χ3v) is 12.9. The molecule has 0 aliphatic heterocycles. The lowest BCUT2D eigenvalue weighted by molar-refractivity contribution is 0.590. The van der Waals surface area contributed by atoms with E-state index >= 15 is 9.13 Å². The SMILES string of the molecule is Cc1cccc(P(=O)(c2cccc(C)c2)c2ccccc2P(=O)(c2ccccc2)c2ccccc2)c1. The first-order valence-corrected chi connectivity index (χ1v) is 15.4. The van der Waals surface area contributed by atoms with E-state index in [1.165, 1.54) is 0 Å². The highest BCUT2D eigenvalue weighted by atomic mass is 31.2. The third-order valence-electron chi connectivity index (χ3n) is 6.53. The summed E-state index contributed by atoms with van der Waals surface area (Å²) >= 11 is 0. The highest BCUT2D eigenvalue weighted by Crippen LogP contribution is 2.48. The molecule has 4 heteroatoms. The average molecular weight is 507 g/mol. The Morgan fingerprint density at radius 2 is 0.722 bits per heavy atom. The fraction of sp³-hybridized carbons (Fsp3) is 0.0625. The van der Waals surface area contributed by atoms with Crippen LogP contribution < -0.4 is 31.8 Å². The summed E-state index contributed by atoms with van der Waals surface area (Å²) in [5.74, 6) is 0. The molecule has 5 aromatic rings. The van der Waals surface area contributed by atoms with E-state index in [1.54, 1.807) is 0 Å². The largest absolute Gasteiger partial charge is 0.309 e. The van der Waals surface area contributed by atoms with Crippen molar-refractivity contribution in [3.8, 4) is 0 Å². The van der Waals surface area contributed by atoms with E-state index in [1.807, 2.05) is 147 Å². The molecule has 0 heterocycles. The van der Waals surface area contributed by atoms with E-state index in [4.69, 9.17) is 0 Å². The van der Waals surface area contributed by atoms with E-state index in [0.717, 1.165) is 32.3 Å². The first kappa shape index (κ1) is 24.3.